The van der Waals surface area contributed by atoms with E-state index in [2.05, 4.69) is 22.1 Å². The van der Waals surface area contributed by atoms with Crippen molar-refractivity contribution < 1.29 is 4.74 Å². The topological polar surface area (TPSA) is 42.8 Å². The number of ether oxygens (including phenoxy) is 1. The number of H-pyrrole nitrogens is 1. The molecule has 1 aromatic carbocycles. The first-order valence-electron chi connectivity index (χ1n) is 6.86. The summed E-state index contributed by atoms with van der Waals surface area (Å²) < 4.78 is 7.86. The van der Waals surface area contributed by atoms with Crippen LogP contribution >= 0.6 is 12.2 Å². The van der Waals surface area contributed by atoms with Crippen LogP contribution in [-0.2, 0) is 11.2 Å². The van der Waals surface area contributed by atoms with Crippen LogP contribution < -0.4 is 0 Å². The highest BCUT2D eigenvalue weighted by molar-refractivity contribution is 7.71. The van der Waals surface area contributed by atoms with Crippen molar-refractivity contribution in [2.75, 3.05) is 13.7 Å². The maximum atomic E-state index is 5.49. The van der Waals surface area contributed by atoms with Gasteiger partial charge in [-0.2, -0.15) is 0 Å². The molecule has 0 aliphatic rings. The minimum Gasteiger partial charge on any atom is -0.384 e. The number of fused-ring (bicyclic) bond motifs is 1. The molecule has 0 radical (unpaired) electrons. The maximum absolute atomic E-state index is 5.49. The molecule has 4 nitrogen and oxygen atoms in total. The van der Waals surface area contributed by atoms with Gasteiger partial charge in [-0.05, 0) is 49.3 Å². The standard InChI is InChI=1S/C16H17N3OS/c1-11-7-8-13-15(17-11)19(16(21)18-13)14-6-4-3-5-12(14)9-10-20-2/h3-8H,9-10H2,1-2H3,(H,18,21). The molecule has 0 aliphatic heterocycles. The second-order valence-electron chi connectivity index (χ2n) is 4.96. The van der Waals surface area contributed by atoms with Crippen LogP contribution in [0.15, 0.2) is 36.4 Å². The van der Waals surface area contributed by atoms with E-state index >= 15 is 0 Å². The summed E-state index contributed by atoms with van der Waals surface area (Å²) >= 11 is 5.49. The van der Waals surface area contributed by atoms with Crippen LogP contribution in [-0.4, -0.2) is 28.3 Å². The van der Waals surface area contributed by atoms with Gasteiger partial charge in [-0.15, -0.1) is 0 Å². The molecule has 0 bridgehead atoms. The van der Waals surface area contributed by atoms with Gasteiger partial charge in [0.05, 0.1) is 17.8 Å². The van der Waals surface area contributed by atoms with E-state index in [4.69, 9.17) is 17.0 Å². The fraction of sp³-hybridized carbons (Fsp3) is 0.250. The normalized spacial score (nSPS) is 11.1. The molecule has 2 aromatic heterocycles. The summed E-state index contributed by atoms with van der Waals surface area (Å²) in [7, 11) is 1.71. The monoisotopic (exact) mass is 299 g/mol. The Morgan fingerprint density at radius 3 is 2.86 bits per heavy atom. The molecular formula is C16H17N3OS. The quantitative estimate of drug-likeness (QED) is 0.749. The van der Waals surface area contributed by atoms with Crippen LogP contribution in [0.4, 0.5) is 0 Å². The number of rotatable bonds is 4. The fourth-order valence-corrected chi connectivity index (χ4v) is 2.75. The molecule has 1 N–H and O–H groups in total. The minimum atomic E-state index is 0.660. The number of nitrogens with one attached hydrogen (secondary N) is 1. The predicted molar refractivity (Wildman–Crippen MR) is 86.6 cm³/mol. The van der Waals surface area contributed by atoms with Gasteiger partial charge in [0, 0.05) is 12.8 Å². The van der Waals surface area contributed by atoms with E-state index in [1.807, 2.05) is 35.8 Å². The number of aromatic amines is 1. The number of hydrogen-bond donors (Lipinski definition) is 1. The van der Waals surface area contributed by atoms with E-state index in [0.29, 0.717) is 11.4 Å². The molecule has 108 valence electrons. The van der Waals surface area contributed by atoms with Gasteiger partial charge in [0.2, 0.25) is 0 Å². The zero-order chi connectivity index (χ0) is 14.8. The lowest BCUT2D eigenvalue weighted by molar-refractivity contribution is 0.202. The molecule has 0 saturated carbocycles. The summed E-state index contributed by atoms with van der Waals surface area (Å²) in [5.74, 6) is 0. The highest BCUT2D eigenvalue weighted by Gasteiger charge is 2.11. The Balaban J connectivity index is 2.23. The third-order valence-electron chi connectivity index (χ3n) is 3.48. The van der Waals surface area contributed by atoms with Crippen LogP contribution in [0.5, 0.6) is 0 Å². The molecule has 21 heavy (non-hydrogen) atoms. The first-order chi connectivity index (χ1) is 10.2. The van der Waals surface area contributed by atoms with Crippen molar-refractivity contribution >= 4 is 23.4 Å². The average Bonchev–Trinajstić information content (AvgIpc) is 2.80. The van der Waals surface area contributed by atoms with Crippen molar-refractivity contribution in [1.82, 2.24) is 14.5 Å². The number of para-hydroxylation sites is 1. The zero-order valence-corrected chi connectivity index (χ0v) is 12.9. The third-order valence-corrected chi connectivity index (χ3v) is 3.76. The van der Waals surface area contributed by atoms with Crippen LogP contribution in [0.1, 0.15) is 11.3 Å². The molecule has 3 aromatic rings. The van der Waals surface area contributed by atoms with E-state index in [1.165, 1.54) is 5.56 Å². The molecule has 0 amide bonds. The van der Waals surface area contributed by atoms with Gasteiger partial charge >= 0.3 is 0 Å². The molecule has 3 rings (SSSR count). The van der Waals surface area contributed by atoms with Crippen LogP contribution in [0, 0.1) is 11.7 Å². The van der Waals surface area contributed by atoms with E-state index < -0.39 is 0 Å². The Kier molecular flexibility index (Phi) is 3.86. The van der Waals surface area contributed by atoms with Crippen molar-refractivity contribution in [2.45, 2.75) is 13.3 Å². The summed E-state index contributed by atoms with van der Waals surface area (Å²) in [5.41, 5.74) is 5.04. The Labute approximate surface area is 128 Å². The van der Waals surface area contributed by atoms with Gasteiger partial charge in [0.1, 0.15) is 0 Å². The third kappa shape index (κ3) is 2.62. The summed E-state index contributed by atoms with van der Waals surface area (Å²) in [6.45, 7) is 2.66. The van der Waals surface area contributed by atoms with Gasteiger partial charge < -0.3 is 9.72 Å². The van der Waals surface area contributed by atoms with Gasteiger partial charge in [-0.25, -0.2) is 4.98 Å². The molecule has 0 fully saturated rings. The molecule has 0 aliphatic carbocycles. The Hall–Kier alpha value is -1.98. The number of nitrogens with zero attached hydrogens (tertiary/aromatic N) is 2. The average molecular weight is 299 g/mol. The Morgan fingerprint density at radius 2 is 2.05 bits per heavy atom. The number of aryl methyl sites for hydroxylation is 1. The van der Waals surface area contributed by atoms with Crippen molar-refractivity contribution in [1.29, 1.82) is 0 Å². The molecule has 0 atom stereocenters. The lowest BCUT2D eigenvalue weighted by atomic mass is 10.1. The second kappa shape index (κ2) is 5.79. The minimum absolute atomic E-state index is 0.660. The highest BCUT2D eigenvalue weighted by Crippen LogP contribution is 2.21. The van der Waals surface area contributed by atoms with Gasteiger partial charge in [0.15, 0.2) is 10.4 Å². The van der Waals surface area contributed by atoms with Crippen LogP contribution in [0.3, 0.4) is 0 Å². The highest BCUT2D eigenvalue weighted by atomic mass is 32.1. The summed E-state index contributed by atoms with van der Waals surface area (Å²) in [6.07, 6.45) is 0.840. The first-order valence-corrected chi connectivity index (χ1v) is 7.27. The first kappa shape index (κ1) is 14.0. The smallest absolute Gasteiger partial charge is 0.184 e. The largest absolute Gasteiger partial charge is 0.384 e. The molecule has 0 unspecified atom stereocenters. The zero-order valence-electron chi connectivity index (χ0n) is 12.1. The van der Waals surface area contributed by atoms with E-state index in [-0.39, 0.29) is 0 Å². The molecule has 0 spiro atoms. The van der Waals surface area contributed by atoms with Gasteiger partial charge in [-0.3, -0.25) is 4.57 Å². The maximum Gasteiger partial charge on any atom is 0.184 e. The second-order valence-corrected chi connectivity index (χ2v) is 5.35. The Bertz CT molecular complexity index is 835. The van der Waals surface area contributed by atoms with E-state index in [9.17, 15) is 0 Å². The number of hydrogen-bond acceptors (Lipinski definition) is 3. The molecular weight excluding hydrogens is 282 g/mol. The predicted octanol–water partition coefficient (Wildman–Crippen LogP) is 3.58. The van der Waals surface area contributed by atoms with Crippen molar-refractivity contribution in [3.05, 3.63) is 52.4 Å². The fourth-order valence-electron chi connectivity index (χ4n) is 2.45. The van der Waals surface area contributed by atoms with Crippen molar-refractivity contribution in [3.8, 4) is 5.69 Å². The van der Waals surface area contributed by atoms with Gasteiger partial charge in [-0.1, -0.05) is 18.2 Å². The van der Waals surface area contributed by atoms with E-state index in [1.54, 1.807) is 7.11 Å². The van der Waals surface area contributed by atoms with Crippen LogP contribution in [0.25, 0.3) is 16.9 Å². The molecule has 2 heterocycles. The summed E-state index contributed by atoms with van der Waals surface area (Å²) in [4.78, 5) is 7.85. The molecule has 5 heteroatoms. The summed E-state index contributed by atoms with van der Waals surface area (Å²) in [6, 6.07) is 12.2. The van der Waals surface area contributed by atoms with Gasteiger partial charge in [0.25, 0.3) is 0 Å². The Morgan fingerprint density at radius 1 is 1.24 bits per heavy atom. The lowest BCUT2D eigenvalue weighted by Gasteiger charge is -2.10. The molecule has 0 saturated heterocycles. The van der Waals surface area contributed by atoms with E-state index in [0.717, 1.165) is 29.0 Å². The SMILES string of the molecule is COCCc1ccccc1-n1c(=S)[nH]c2ccc(C)nc21. The number of benzene rings is 1. The van der Waals surface area contributed by atoms with Crippen molar-refractivity contribution in [2.24, 2.45) is 0 Å². The number of pyridine rings is 1. The lowest BCUT2D eigenvalue weighted by Crippen LogP contribution is -2.03. The summed E-state index contributed by atoms with van der Waals surface area (Å²) in [5, 5.41) is 0. The number of imidazole rings is 1. The number of aromatic nitrogens is 3. The van der Waals surface area contributed by atoms with Crippen LogP contribution in [0.2, 0.25) is 0 Å². The number of methoxy groups -OCH3 is 1. The van der Waals surface area contributed by atoms with Crippen molar-refractivity contribution in [3.63, 3.8) is 0 Å².